The van der Waals surface area contributed by atoms with Crippen molar-refractivity contribution in [1.82, 2.24) is 15.3 Å². The first kappa shape index (κ1) is 18.4. The second-order valence-corrected chi connectivity index (χ2v) is 6.84. The molecule has 1 amide bonds. The Morgan fingerprint density at radius 1 is 1.26 bits per heavy atom. The van der Waals surface area contributed by atoms with Crippen LogP contribution in [0.1, 0.15) is 37.2 Å². The Kier molecular flexibility index (Phi) is 5.68. The minimum Gasteiger partial charge on any atom is -0.352 e. The van der Waals surface area contributed by atoms with Crippen LogP contribution >= 0.6 is 0 Å². The molecule has 0 aliphatic carbocycles. The molecule has 0 radical (unpaired) electrons. The fourth-order valence-electron chi connectivity index (χ4n) is 2.76. The third-order valence-electron chi connectivity index (χ3n) is 4.22. The number of H-pyrrole nitrogens is 1. The monoisotopic (exact) mass is 358 g/mol. The quantitative estimate of drug-likeness (QED) is 0.650. The lowest BCUT2D eigenvalue weighted by atomic mass is 10.1. The molecule has 3 aromatic rings. The summed E-state index contributed by atoms with van der Waals surface area (Å²) in [6.45, 7) is 4.84. The number of amides is 1. The number of para-hydroxylation sites is 2. The fraction of sp³-hybridized carbons (Fsp3) is 0.227. The lowest BCUT2D eigenvalue weighted by molar-refractivity contribution is -0.115. The van der Waals surface area contributed by atoms with E-state index in [9.17, 15) is 4.79 Å². The zero-order chi connectivity index (χ0) is 19.2. The minimum atomic E-state index is -0.183. The van der Waals surface area contributed by atoms with E-state index < -0.39 is 0 Å². The Morgan fingerprint density at radius 3 is 2.81 bits per heavy atom. The number of carbonyl (C=O) groups excluding carboxylic acids is 1. The first-order chi connectivity index (χ1) is 13.1. The summed E-state index contributed by atoms with van der Waals surface area (Å²) in [7, 11) is 0. The van der Waals surface area contributed by atoms with Gasteiger partial charge in [0.2, 0.25) is 0 Å². The second-order valence-electron chi connectivity index (χ2n) is 6.84. The predicted molar refractivity (Wildman–Crippen MR) is 108 cm³/mol. The summed E-state index contributed by atoms with van der Waals surface area (Å²) in [6, 6.07) is 16.9. The maximum absolute atomic E-state index is 12.9. The highest BCUT2D eigenvalue weighted by atomic mass is 16.1. The van der Waals surface area contributed by atoms with Gasteiger partial charge in [0.05, 0.1) is 28.2 Å². The Bertz CT molecular complexity index is 991. The number of nitrogens with zero attached hydrogens (tertiary/aromatic N) is 2. The van der Waals surface area contributed by atoms with Gasteiger partial charge in [-0.05, 0) is 48.2 Å². The van der Waals surface area contributed by atoms with Gasteiger partial charge < -0.3 is 10.3 Å². The van der Waals surface area contributed by atoms with E-state index in [1.807, 2.05) is 30.3 Å². The number of imidazole rings is 1. The molecule has 2 aromatic carbocycles. The van der Waals surface area contributed by atoms with Gasteiger partial charge in [-0.15, -0.1) is 0 Å². The SMILES string of the molecule is CC(C)CCNC(=O)C(=Cc1cccc(C#N)c1)c1nc2ccccc2[nH]1. The van der Waals surface area contributed by atoms with E-state index in [0.717, 1.165) is 23.0 Å². The summed E-state index contributed by atoms with van der Waals surface area (Å²) in [6.07, 6.45) is 2.67. The number of nitrogens with one attached hydrogen (secondary N) is 2. The van der Waals surface area contributed by atoms with Crippen LogP contribution in [0.2, 0.25) is 0 Å². The third-order valence-corrected chi connectivity index (χ3v) is 4.22. The van der Waals surface area contributed by atoms with Crippen LogP contribution in [0.4, 0.5) is 0 Å². The van der Waals surface area contributed by atoms with E-state index >= 15 is 0 Å². The molecule has 0 unspecified atom stereocenters. The van der Waals surface area contributed by atoms with Gasteiger partial charge in [-0.3, -0.25) is 4.79 Å². The largest absolute Gasteiger partial charge is 0.352 e. The van der Waals surface area contributed by atoms with Gasteiger partial charge in [-0.2, -0.15) is 5.26 Å². The van der Waals surface area contributed by atoms with Crippen molar-refractivity contribution in [2.75, 3.05) is 6.54 Å². The molecule has 3 rings (SSSR count). The van der Waals surface area contributed by atoms with Gasteiger partial charge in [0.25, 0.3) is 5.91 Å². The van der Waals surface area contributed by atoms with Crippen LogP contribution in [-0.4, -0.2) is 22.4 Å². The van der Waals surface area contributed by atoms with Crippen LogP contribution in [-0.2, 0) is 4.79 Å². The van der Waals surface area contributed by atoms with E-state index in [2.05, 4.69) is 35.2 Å². The molecule has 0 atom stereocenters. The molecule has 136 valence electrons. The van der Waals surface area contributed by atoms with Crippen molar-refractivity contribution in [3.8, 4) is 6.07 Å². The Balaban J connectivity index is 1.98. The van der Waals surface area contributed by atoms with Gasteiger partial charge in [0.1, 0.15) is 5.82 Å². The molecule has 2 N–H and O–H groups in total. The number of rotatable bonds is 6. The maximum Gasteiger partial charge on any atom is 0.255 e. The summed E-state index contributed by atoms with van der Waals surface area (Å²) in [5.41, 5.74) is 3.46. The molecular formula is C22H22N4O. The van der Waals surface area contributed by atoms with Crippen molar-refractivity contribution in [1.29, 1.82) is 5.26 Å². The lowest BCUT2D eigenvalue weighted by Gasteiger charge is -2.09. The standard InChI is InChI=1S/C22H22N4O/c1-15(2)10-11-24-22(27)18(13-16-6-5-7-17(12-16)14-23)21-25-19-8-3-4-9-20(19)26-21/h3-9,12-13,15H,10-11H2,1-2H3,(H,24,27)(H,25,26). The van der Waals surface area contributed by atoms with Gasteiger partial charge in [-0.25, -0.2) is 4.98 Å². The molecule has 0 aliphatic heterocycles. The molecule has 0 aliphatic rings. The minimum absolute atomic E-state index is 0.183. The average Bonchev–Trinajstić information content (AvgIpc) is 3.09. The normalized spacial score (nSPS) is 11.6. The van der Waals surface area contributed by atoms with Crippen LogP contribution in [0.25, 0.3) is 22.7 Å². The molecule has 0 spiro atoms. The highest BCUT2D eigenvalue weighted by Crippen LogP contribution is 2.20. The van der Waals surface area contributed by atoms with Gasteiger partial charge in [0, 0.05) is 6.54 Å². The molecule has 0 saturated carbocycles. The number of benzene rings is 2. The Hall–Kier alpha value is -3.39. The predicted octanol–water partition coefficient (Wildman–Crippen LogP) is 4.14. The van der Waals surface area contributed by atoms with Crippen molar-refractivity contribution in [3.05, 3.63) is 65.5 Å². The van der Waals surface area contributed by atoms with Crippen LogP contribution < -0.4 is 5.32 Å². The van der Waals surface area contributed by atoms with Gasteiger partial charge in [0.15, 0.2) is 0 Å². The van der Waals surface area contributed by atoms with Gasteiger partial charge >= 0.3 is 0 Å². The summed E-state index contributed by atoms with van der Waals surface area (Å²) in [4.78, 5) is 20.6. The highest BCUT2D eigenvalue weighted by molar-refractivity contribution is 6.23. The molecule has 0 saturated heterocycles. The molecule has 0 fully saturated rings. The molecule has 0 bridgehead atoms. The van der Waals surface area contributed by atoms with Crippen LogP contribution in [0.3, 0.4) is 0 Å². The lowest BCUT2D eigenvalue weighted by Crippen LogP contribution is -2.26. The Labute approximate surface area is 158 Å². The first-order valence-electron chi connectivity index (χ1n) is 9.02. The number of aromatic amines is 1. The average molecular weight is 358 g/mol. The molecule has 5 nitrogen and oxygen atoms in total. The van der Waals surface area contributed by atoms with Crippen molar-refractivity contribution in [2.24, 2.45) is 5.92 Å². The van der Waals surface area contributed by atoms with E-state index in [0.29, 0.717) is 29.4 Å². The second kappa shape index (κ2) is 8.33. The molecule has 1 heterocycles. The zero-order valence-electron chi connectivity index (χ0n) is 15.5. The van der Waals surface area contributed by atoms with Crippen molar-refractivity contribution in [2.45, 2.75) is 20.3 Å². The zero-order valence-corrected chi connectivity index (χ0v) is 15.5. The summed E-state index contributed by atoms with van der Waals surface area (Å²) >= 11 is 0. The number of aromatic nitrogens is 2. The molecular weight excluding hydrogens is 336 g/mol. The van der Waals surface area contributed by atoms with E-state index in [-0.39, 0.29) is 5.91 Å². The topological polar surface area (TPSA) is 81.6 Å². The number of hydrogen-bond acceptors (Lipinski definition) is 3. The van der Waals surface area contributed by atoms with Crippen molar-refractivity contribution >= 4 is 28.6 Å². The summed E-state index contributed by atoms with van der Waals surface area (Å²) in [5, 5.41) is 12.1. The number of carbonyl (C=O) groups is 1. The number of nitriles is 1. The molecule has 1 aromatic heterocycles. The molecule has 5 heteroatoms. The summed E-state index contributed by atoms with van der Waals surface area (Å²) < 4.78 is 0. The maximum atomic E-state index is 12.9. The van der Waals surface area contributed by atoms with Crippen LogP contribution in [0.5, 0.6) is 0 Å². The van der Waals surface area contributed by atoms with Crippen LogP contribution in [0.15, 0.2) is 48.5 Å². The first-order valence-corrected chi connectivity index (χ1v) is 9.02. The van der Waals surface area contributed by atoms with E-state index in [1.165, 1.54) is 0 Å². The highest BCUT2D eigenvalue weighted by Gasteiger charge is 2.16. The van der Waals surface area contributed by atoms with E-state index in [4.69, 9.17) is 5.26 Å². The smallest absolute Gasteiger partial charge is 0.255 e. The van der Waals surface area contributed by atoms with E-state index in [1.54, 1.807) is 24.3 Å². The number of hydrogen-bond donors (Lipinski definition) is 2. The summed E-state index contributed by atoms with van der Waals surface area (Å²) in [5.74, 6) is 0.842. The Morgan fingerprint density at radius 2 is 2.07 bits per heavy atom. The van der Waals surface area contributed by atoms with Crippen molar-refractivity contribution < 1.29 is 4.79 Å². The molecule has 27 heavy (non-hydrogen) atoms. The third kappa shape index (κ3) is 4.62. The fourth-order valence-corrected chi connectivity index (χ4v) is 2.76. The number of fused-ring (bicyclic) bond motifs is 1. The van der Waals surface area contributed by atoms with Crippen molar-refractivity contribution in [3.63, 3.8) is 0 Å². The van der Waals surface area contributed by atoms with Crippen LogP contribution in [0, 0.1) is 17.2 Å². The van der Waals surface area contributed by atoms with Gasteiger partial charge in [-0.1, -0.05) is 38.1 Å².